The van der Waals surface area contributed by atoms with Crippen LogP contribution < -0.4 is 0 Å². The first-order valence-corrected chi connectivity index (χ1v) is 8.06. The van der Waals surface area contributed by atoms with Gasteiger partial charge in [-0.2, -0.15) is 0 Å². The van der Waals surface area contributed by atoms with Gasteiger partial charge in [0.2, 0.25) is 0 Å². The second-order valence-corrected chi connectivity index (χ2v) is 6.98. The highest BCUT2D eigenvalue weighted by Crippen LogP contribution is 2.22. The predicted molar refractivity (Wildman–Crippen MR) is 95.8 cm³/mol. The van der Waals surface area contributed by atoms with Crippen LogP contribution in [-0.2, 0) is 16.6 Å². The number of methoxy groups -OCH3 is 1. The third-order valence-electron chi connectivity index (χ3n) is 3.96. The Hall–Kier alpha value is -2.26. The SMILES string of the molecule is COCC(=O)c1cccc(CC(=O)c2ccc(C(C)(C)C)cc2)c1. The molecule has 0 aliphatic carbocycles. The van der Waals surface area contributed by atoms with E-state index in [1.54, 1.807) is 18.2 Å². The van der Waals surface area contributed by atoms with Gasteiger partial charge in [0.05, 0.1) is 0 Å². The fourth-order valence-electron chi connectivity index (χ4n) is 2.51. The molecule has 3 nitrogen and oxygen atoms in total. The molecule has 0 saturated heterocycles. The molecular formula is C21H24O3. The van der Waals surface area contributed by atoms with Crippen molar-refractivity contribution in [1.82, 2.24) is 0 Å². The minimum Gasteiger partial charge on any atom is -0.377 e. The first-order chi connectivity index (χ1) is 11.3. The predicted octanol–water partition coefficient (Wildman–Crippen LogP) is 4.24. The van der Waals surface area contributed by atoms with Crippen LogP contribution in [0.1, 0.15) is 52.6 Å². The second-order valence-electron chi connectivity index (χ2n) is 6.98. The molecule has 0 bridgehead atoms. The van der Waals surface area contributed by atoms with Crippen LogP contribution in [-0.4, -0.2) is 25.3 Å². The summed E-state index contributed by atoms with van der Waals surface area (Å²) in [5.41, 5.74) is 3.37. The fourth-order valence-corrected chi connectivity index (χ4v) is 2.51. The van der Waals surface area contributed by atoms with Gasteiger partial charge in [-0.25, -0.2) is 0 Å². The van der Waals surface area contributed by atoms with Gasteiger partial charge in [0, 0.05) is 24.7 Å². The molecule has 126 valence electrons. The third-order valence-corrected chi connectivity index (χ3v) is 3.96. The first-order valence-electron chi connectivity index (χ1n) is 8.06. The monoisotopic (exact) mass is 324 g/mol. The average Bonchev–Trinajstić information content (AvgIpc) is 2.54. The van der Waals surface area contributed by atoms with Gasteiger partial charge in [0.15, 0.2) is 11.6 Å². The minimum absolute atomic E-state index is 0.0473. The van der Waals surface area contributed by atoms with Gasteiger partial charge in [-0.3, -0.25) is 9.59 Å². The van der Waals surface area contributed by atoms with Gasteiger partial charge < -0.3 is 4.74 Å². The number of ketones is 2. The summed E-state index contributed by atoms with van der Waals surface area (Å²) >= 11 is 0. The van der Waals surface area contributed by atoms with Gasteiger partial charge in [0.25, 0.3) is 0 Å². The highest BCUT2D eigenvalue weighted by molar-refractivity contribution is 5.99. The van der Waals surface area contributed by atoms with Crippen molar-refractivity contribution in [2.45, 2.75) is 32.6 Å². The van der Waals surface area contributed by atoms with Crippen molar-refractivity contribution in [1.29, 1.82) is 0 Å². The molecule has 2 aromatic rings. The number of benzene rings is 2. The molecule has 0 radical (unpaired) electrons. The van der Waals surface area contributed by atoms with Crippen molar-refractivity contribution in [2.24, 2.45) is 0 Å². The van der Waals surface area contributed by atoms with Crippen LogP contribution in [0.15, 0.2) is 48.5 Å². The Balaban J connectivity index is 2.12. The van der Waals surface area contributed by atoms with E-state index in [2.05, 4.69) is 20.8 Å². The highest BCUT2D eigenvalue weighted by Gasteiger charge is 2.15. The molecule has 2 aromatic carbocycles. The van der Waals surface area contributed by atoms with Crippen LogP contribution in [0.25, 0.3) is 0 Å². The lowest BCUT2D eigenvalue weighted by Crippen LogP contribution is -2.12. The topological polar surface area (TPSA) is 43.4 Å². The maximum absolute atomic E-state index is 12.5. The molecule has 0 fully saturated rings. The number of rotatable bonds is 6. The van der Waals surface area contributed by atoms with E-state index in [0.29, 0.717) is 11.1 Å². The molecule has 2 rings (SSSR count). The van der Waals surface area contributed by atoms with Gasteiger partial charge in [0.1, 0.15) is 6.61 Å². The second kappa shape index (κ2) is 7.54. The lowest BCUT2D eigenvalue weighted by molar-refractivity contribution is 0.0847. The molecule has 24 heavy (non-hydrogen) atoms. The van der Waals surface area contributed by atoms with Gasteiger partial charge in [-0.15, -0.1) is 0 Å². The summed E-state index contributed by atoms with van der Waals surface area (Å²) in [6.07, 6.45) is 0.281. The number of Topliss-reactive ketones (excluding diaryl/α,β-unsaturated/α-hetero) is 2. The minimum atomic E-state index is -0.0821. The number of carbonyl (C=O) groups is 2. The third kappa shape index (κ3) is 4.62. The molecule has 0 aromatic heterocycles. The summed E-state index contributed by atoms with van der Waals surface area (Å²) in [6, 6.07) is 14.9. The van der Waals surface area contributed by atoms with Crippen molar-refractivity contribution in [2.75, 3.05) is 13.7 Å². The summed E-state index contributed by atoms with van der Waals surface area (Å²) in [7, 11) is 1.49. The normalized spacial score (nSPS) is 11.3. The van der Waals surface area contributed by atoms with E-state index < -0.39 is 0 Å². The number of hydrogen-bond donors (Lipinski definition) is 0. The standard InChI is InChI=1S/C21H24O3/c1-21(2,3)18-10-8-16(9-11-18)19(22)13-15-6-5-7-17(12-15)20(23)14-24-4/h5-12H,13-14H2,1-4H3. The maximum Gasteiger partial charge on any atom is 0.188 e. The molecule has 0 unspecified atom stereocenters. The van der Waals surface area contributed by atoms with E-state index in [0.717, 1.165) is 5.56 Å². The Morgan fingerprint density at radius 1 is 0.917 bits per heavy atom. The lowest BCUT2D eigenvalue weighted by atomic mass is 9.86. The van der Waals surface area contributed by atoms with Gasteiger partial charge in [-0.05, 0) is 22.6 Å². The molecule has 0 spiro atoms. The molecule has 0 atom stereocenters. The smallest absolute Gasteiger partial charge is 0.188 e. The molecule has 0 amide bonds. The van der Waals surface area contributed by atoms with E-state index in [-0.39, 0.29) is 30.0 Å². The van der Waals surface area contributed by atoms with Crippen LogP contribution in [0.5, 0.6) is 0 Å². The maximum atomic E-state index is 12.5. The van der Waals surface area contributed by atoms with Crippen molar-refractivity contribution in [3.8, 4) is 0 Å². The van der Waals surface area contributed by atoms with Crippen LogP contribution in [0, 0.1) is 0 Å². The number of hydrogen-bond acceptors (Lipinski definition) is 3. The zero-order valence-corrected chi connectivity index (χ0v) is 14.8. The molecular weight excluding hydrogens is 300 g/mol. The van der Waals surface area contributed by atoms with Crippen molar-refractivity contribution in [3.63, 3.8) is 0 Å². The van der Waals surface area contributed by atoms with E-state index in [4.69, 9.17) is 4.74 Å². The highest BCUT2D eigenvalue weighted by atomic mass is 16.5. The Morgan fingerprint density at radius 3 is 2.17 bits per heavy atom. The molecule has 0 aliphatic rings. The van der Waals surface area contributed by atoms with Crippen molar-refractivity contribution in [3.05, 3.63) is 70.8 Å². The Labute approximate surface area is 143 Å². The molecule has 0 N–H and O–H groups in total. The van der Waals surface area contributed by atoms with Crippen LogP contribution >= 0.6 is 0 Å². The quantitative estimate of drug-likeness (QED) is 0.747. The van der Waals surface area contributed by atoms with Gasteiger partial charge >= 0.3 is 0 Å². The van der Waals surface area contributed by atoms with Crippen LogP contribution in [0.3, 0.4) is 0 Å². The summed E-state index contributed by atoms with van der Waals surface area (Å²) in [5.74, 6) is -0.0341. The molecule has 3 heteroatoms. The fraction of sp³-hybridized carbons (Fsp3) is 0.333. The van der Waals surface area contributed by atoms with Gasteiger partial charge in [-0.1, -0.05) is 63.2 Å². The number of ether oxygens (including phenoxy) is 1. The zero-order chi connectivity index (χ0) is 17.7. The average molecular weight is 324 g/mol. The van der Waals surface area contributed by atoms with Crippen molar-refractivity contribution < 1.29 is 14.3 Å². The van der Waals surface area contributed by atoms with Crippen molar-refractivity contribution >= 4 is 11.6 Å². The lowest BCUT2D eigenvalue weighted by Gasteiger charge is -2.19. The van der Waals surface area contributed by atoms with E-state index in [1.807, 2.05) is 30.3 Å². The Morgan fingerprint density at radius 2 is 1.58 bits per heavy atom. The summed E-state index contributed by atoms with van der Waals surface area (Å²) < 4.78 is 4.87. The zero-order valence-electron chi connectivity index (χ0n) is 14.8. The first kappa shape index (κ1) is 18.1. The Bertz CT molecular complexity index is 721. The van der Waals surface area contributed by atoms with E-state index in [1.165, 1.54) is 12.7 Å². The summed E-state index contributed by atoms with van der Waals surface area (Å²) in [6.45, 7) is 6.48. The van der Waals surface area contributed by atoms with Crippen LogP contribution in [0.2, 0.25) is 0 Å². The largest absolute Gasteiger partial charge is 0.377 e. The molecule has 0 saturated carbocycles. The van der Waals surface area contributed by atoms with E-state index >= 15 is 0 Å². The van der Waals surface area contributed by atoms with E-state index in [9.17, 15) is 9.59 Å². The van der Waals surface area contributed by atoms with Crippen LogP contribution in [0.4, 0.5) is 0 Å². The molecule has 0 heterocycles. The molecule has 0 aliphatic heterocycles. The Kier molecular flexibility index (Phi) is 5.68. The summed E-state index contributed by atoms with van der Waals surface area (Å²) in [5, 5.41) is 0. The number of carbonyl (C=O) groups excluding carboxylic acids is 2. The summed E-state index contributed by atoms with van der Waals surface area (Å²) in [4.78, 5) is 24.3.